The molecule has 0 spiro atoms. The zero-order valence-electron chi connectivity index (χ0n) is 8.24. The number of thioether (sulfide) groups is 1. The van der Waals surface area contributed by atoms with E-state index in [9.17, 15) is 4.79 Å². The van der Waals surface area contributed by atoms with Crippen molar-refractivity contribution in [2.24, 2.45) is 7.05 Å². The molecule has 1 aromatic heterocycles. The lowest BCUT2D eigenvalue weighted by Gasteiger charge is -2.09. The van der Waals surface area contributed by atoms with Crippen LogP contribution >= 0.6 is 11.8 Å². The molecule has 6 heteroatoms. The summed E-state index contributed by atoms with van der Waals surface area (Å²) in [7, 11) is 1.43. The molecule has 0 aromatic carbocycles. The fraction of sp³-hybridized carbons (Fsp3) is 0.222. The highest BCUT2D eigenvalue weighted by Crippen LogP contribution is 2.25. The highest BCUT2D eigenvalue weighted by atomic mass is 32.2. The molecule has 0 saturated carbocycles. The van der Waals surface area contributed by atoms with Gasteiger partial charge >= 0.3 is 0 Å². The Morgan fingerprint density at radius 3 is 2.27 bits per heavy atom. The van der Waals surface area contributed by atoms with Crippen molar-refractivity contribution in [1.29, 1.82) is 10.5 Å². The molecule has 5 nitrogen and oxygen atoms in total. The molecule has 0 aliphatic rings. The van der Waals surface area contributed by atoms with Crippen LogP contribution in [0.15, 0.2) is 9.69 Å². The van der Waals surface area contributed by atoms with Crippen molar-refractivity contribution in [3.05, 3.63) is 21.5 Å². The van der Waals surface area contributed by atoms with Crippen molar-refractivity contribution < 1.29 is 0 Å². The average Bonchev–Trinajstić information content (AvgIpc) is 2.25. The molecular formula is C9H8N4OS. The van der Waals surface area contributed by atoms with Gasteiger partial charge in [0.05, 0.1) is 4.90 Å². The largest absolute Gasteiger partial charge is 0.384 e. The lowest BCUT2D eigenvalue weighted by molar-refractivity contribution is 0.854. The van der Waals surface area contributed by atoms with Crippen LogP contribution in [0.5, 0.6) is 0 Å². The van der Waals surface area contributed by atoms with Gasteiger partial charge in [0.15, 0.2) is 0 Å². The number of nitrogens with zero attached hydrogens (tertiary/aromatic N) is 3. The van der Waals surface area contributed by atoms with E-state index < -0.39 is 5.56 Å². The number of anilines is 1. The Kier molecular flexibility index (Phi) is 3.03. The van der Waals surface area contributed by atoms with E-state index in [1.54, 1.807) is 12.3 Å². The van der Waals surface area contributed by atoms with Crippen LogP contribution in [0.4, 0.5) is 5.82 Å². The van der Waals surface area contributed by atoms with Gasteiger partial charge in [0.2, 0.25) is 0 Å². The number of nitrogen functional groups attached to an aromatic ring is 1. The van der Waals surface area contributed by atoms with Gasteiger partial charge in [-0.1, -0.05) is 0 Å². The third-order valence-electron chi connectivity index (χ3n) is 2.02. The summed E-state index contributed by atoms with van der Waals surface area (Å²) in [6, 6.07) is 3.70. The number of hydrogen-bond donors (Lipinski definition) is 1. The maximum Gasteiger partial charge on any atom is 0.270 e. The van der Waals surface area contributed by atoms with Gasteiger partial charge in [0.1, 0.15) is 29.1 Å². The van der Waals surface area contributed by atoms with Gasteiger partial charge in [0.25, 0.3) is 5.56 Å². The second-order valence-corrected chi connectivity index (χ2v) is 3.57. The molecule has 0 saturated heterocycles. The van der Waals surface area contributed by atoms with Gasteiger partial charge in [-0.15, -0.1) is 11.8 Å². The summed E-state index contributed by atoms with van der Waals surface area (Å²) in [4.78, 5) is 12.0. The monoisotopic (exact) mass is 220 g/mol. The van der Waals surface area contributed by atoms with Crippen LogP contribution in [0.25, 0.3) is 0 Å². The Hall–Kier alpha value is -1.92. The van der Waals surface area contributed by atoms with Crippen molar-refractivity contribution >= 4 is 17.6 Å². The first-order chi connectivity index (χ1) is 7.08. The highest BCUT2D eigenvalue weighted by molar-refractivity contribution is 7.98. The summed E-state index contributed by atoms with van der Waals surface area (Å²) < 4.78 is 1.11. The molecule has 0 atom stereocenters. The lowest BCUT2D eigenvalue weighted by Crippen LogP contribution is -2.24. The van der Waals surface area contributed by atoms with Crippen LogP contribution < -0.4 is 11.3 Å². The summed E-state index contributed by atoms with van der Waals surface area (Å²) in [5, 5.41) is 17.7. The normalized spacial score (nSPS) is 9.33. The first-order valence-electron chi connectivity index (χ1n) is 3.95. The van der Waals surface area contributed by atoms with E-state index in [4.69, 9.17) is 16.3 Å². The zero-order valence-corrected chi connectivity index (χ0v) is 9.05. The average molecular weight is 220 g/mol. The van der Waals surface area contributed by atoms with E-state index in [0.29, 0.717) is 4.90 Å². The van der Waals surface area contributed by atoms with Crippen molar-refractivity contribution in [2.45, 2.75) is 4.90 Å². The van der Waals surface area contributed by atoms with Crippen molar-refractivity contribution in [3.8, 4) is 12.1 Å². The summed E-state index contributed by atoms with van der Waals surface area (Å²) >= 11 is 1.17. The molecule has 0 radical (unpaired) electrons. The van der Waals surface area contributed by atoms with Gasteiger partial charge in [-0.25, -0.2) is 0 Å². The lowest BCUT2D eigenvalue weighted by atomic mass is 10.2. The first kappa shape index (κ1) is 11.2. The van der Waals surface area contributed by atoms with Crippen molar-refractivity contribution in [2.75, 3.05) is 12.0 Å². The summed E-state index contributed by atoms with van der Waals surface area (Å²) in [6.45, 7) is 0. The minimum atomic E-state index is -0.474. The van der Waals surface area contributed by atoms with Gasteiger partial charge < -0.3 is 5.73 Å². The molecule has 0 aliphatic carbocycles. The maximum atomic E-state index is 11.6. The second-order valence-electron chi connectivity index (χ2n) is 2.76. The van der Waals surface area contributed by atoms with Gasteiger partial charge in [-0.2, -0.15) is 10.5 Å². The minimum absolute atomic E-state index is 0.0317. The Morgan fingerprint density at radius 1 is 1.33 bits per heavy atom. The molecule has 0 unspecified atom stereocenters. The Labute approximate surface area is 90.7 Å². The molecule has 1 aromatic rings. The van der Waals surface area contributed by atoms with E-state index in [2.05, 4.69) is 0 Å². The number of pyridine rings is 1. The Morgan fingerprint density at radius 2 is 1.87 bits per heavy atom. The summed E-state index contributed by atoms with van der Waals surface area (Å²) in [5.41, 5.74) is 5.29. The summed E-state index contributed by atoms with van der Waals surface area (Å²) in [6.07, 6.45) is 1.69. The molecular weight excluding hydrogens is 212 g/mol. The maximum absolute atomic E-state index is 11.6. The molecule has 0 amide bonds. The predicted molar refractivity (Wildman–Crippen MR) is 57.3 cm³/mol. The van der Waals surface area contributed by atoms with E-state index in [-0.39, 0.29) is 16.9 Å². The van der Waals surface area contributed by atoms with Gasteiger partial charge in [-0.3, -0.25) is 9.36 Å². The molecule has 76 valence electrons. The quantitative estimate of drug-likeness (QED) is 0.692. The number of aromatic nitrogens is 1. The second kappa shape index (κ2) is 4.07. The number of nitrogens with two attached hydrogens (primary N) is 1. The molecule has 1 rings (SSSR count). The SMILES string of the molecule is CSc1c(C#N)c(N)n(C)c(=O)c1C#N. The zero-order chi connectivity index (χ0) is 11.6. The van der Waals surface area contributed by atoms with E-state index in [0.717, 1.165) is 4.57 Å². The van der Waals surface area contributed by atoms with Crippen molar-refractivity contribution in [3.63, 3.8) is 0 Å². The first-order valence-corrected chi connectivity index (χ1v) is 5.17. The van der Waals surface area contributed by atoms with E-state index in [1.807, 2.05) is 6.07 Å². The van der Waals surface area contributed by atoms with Crippen LogP contribution in [0.3, 0.4) is 0 Å². The molecule has 0 aliphatic heterocycles. The molecule has 0 bridgehead atoms. The third-order valence-corrected chi connectivity index (χ3v) is 2.83. The van der Waals surface area contributed by atoms with Crippen LogP contribution in [0, 0.1) is 22.7 Å². The molecule has 2 N–H and O–H groups in total. The number of hydrogen-bond acceptors (Lipinski definition) is 5. The molecule has 15 heavy (non-hydrogen) atoms. The van der Waals surface area contributed by atoms with Crippen molar-refractivity contribution in [1.82, 2.24) is 4.57 Å². The molecule has 1 heterocycles. The van der Waals surface area contributed by atoms with Crippen LogP contribution in [-0.4, -0.2) is 10.8 Å². The topological polar surface area (TPSA) is 95.6 Å². The summed E-state index contributed by atoms with van der Waals surface area (Å²) in [5.74, 6) is 0.0888. The smallest absolute Gasteiger partial charge is 0.270 e. The number of rotatable bonds is 1. The van der Waals surface area contributed by atoms with Crippen LogP contribution in [0.2, 0.25) is 0 Å². The van der Waals surface area contributed by atoms with Crippen LogP contribution in [0.1, 0.15) is 11.1 Å². The Balaban J connectivity index is 3.88. The fourth-order valence-corrected chi connectivity index (χ4v) is 1.89. The molecule has 0 fully saturated rings. The number of nitriles is 2. The van der Waals surface area contributed by atoms with Gasteiger partial charge in [-0.05, 0) is 6.26 Å². The minimum Gasteiger partial charge on any atom is -0.384 e. The van der Waals surface area contributed by atoms with Gasteiger partial charge in [0, 0.05) is 7.05 Å². The van der Waals surface area contributed by atoms with Crippen LogP contribution in [-0.2, 0) is 7.05 Å². The fourth-order valence-electron chi connectivity index (χ4n) is 1.19. The van der Waals surface area contributed by atoms with E-state index in [1.165, 1.54) is 18.8 Å². The Bertz CT molecular complexity index is 547. The standard InChI is InChI=1S/C9H8N4OS/c1-13-8(12)5(3-10)7(15-2)6(4-11)9(13)14/h12H2,1-2H3. The van der Waals surface area contributed by atoms with E-state index >= 15 is 0 Å². The highest BCUT2D eigenvalue weighted by Gasteiger charge is 2.17. The predicted octanol–water partition coefficient (Wildman–Crippen LogP) is 0.433. The third kappa shape index (κ3) is 1.56.